The van der Waals surface area contributed by atoms with Crippen molar-refractivity contribution in [3.63, 3.8) is 0 Å². The molecular formula is C9H9FN2O5S. The van der Waals surface area contributed by atoms with Gasteiger partial charge in [0, 0.05) is 19.2 Å². The Morgan fingerprint density at radius 1 is 1.44 bits per heavy atom. The number of rotatable bonds is 3. The standard InChI is InChI=1S/C9H9FN2O5S/c10-8-2-1-7(3-9(8)12(14)15)18(16,17)11-4-6(13)5-11/h1-3,6,13H,4-5H2. The number of nitro groups is 1. The minimum absolute atomic E-state index is 0.0620. The van der Waals surface area contributed by atoms with Crippen molar-refractivity contribution >= 4 is 15.7 Å². The van der Waals surface area contributed by atoms with Crippen LogP contribution in [0, 0.1) is 15.9 Å². The summed E-state index contributed by atoms with van der Waals surface area (Å²) in [5.41, 5.74) is -0.892. The Hall–Kier alpha value is -1.58. The summed E-state index contributed by atoms with van der Waals surface area (Å²) in [5.74, 6) is -1.09. The summed E-state index contributed by atoms with van der Waals surface area (Å²) in [5, 5.41) is 19.6. The van der Waals surface area contributed by atoms with Crippen LogP contribution in [-0.4, -0.2) is 41.9 Å². The molecule has 7 nitrogen and oxygen atoms in total. The molecule has 0 aliphatic carbocycles. The molecule has 1 saturated heterocycles. The lowest BCUT2D eigenvalue weighted by molar-refractivity contribution is -0.387. The summed E-state index contributed by atoms with van der Waals surface area (Å²) in [7, 11) is -3.91. The van der Waals surface area contributed by atoms with Crippen LogP contribution in [0.3, 0.4) is 0 Å². The van der Waals surface area contributed by atoms with E-state index < -0.39 is 32.6 Å². The quantitative estimate of drug-likeness (QED) is 0.623. The van der Waals surface area contributed by atoms with Gasteiger partial charge < -0.3 is 5.11 Å². The molecule has 0 bridgehead atoms. The van der Waals surface area contributed by atoms with Crippen LogP contribution in [-0.2, 0) is 10.0 Å². The van der Waals surface area contributed by atoms with Crippen molar-refractivity contribution in [2.75, 3.05) is 13.1 Å². The zero-order valence-electron chi connectivity index (χ0n) is 8.98. The predicted molar refractivity (Wildman–Crippen MR) is 57.8 cm³/mol. The van der Waals surface area contributed by atoms with Crippen LogP contribution in [0.15, 0.2) is 23.1 Å². The van der Waals surface area contributed by atoms with Crippen LogP contribution < -0.4 is 0 Å². The third-order valence-corrected chi connectivity index (χ3v) is 4.41. The van der Waals surface area contributed by atoms with Crippen molar-refractivity contribution in [2.24, 2.45) is 0 Å². The molecule has 1 aromatic carbocycles. The fourth-order valence-corrected chi connectivity index (χ4v) is 3.09. The number of aliphatic hydroxyl groups excluding tert-OH is 1. The molecule has 0 spiro atoms. The summed E-state index contributed by atoms with van der Waals surface area (Å²) >= 11 is 0. The van der Waals surface area contributed by atoms with Crippen molar-refractivity contribution in [1.82, 2.24) is 4.31 Å². The first-order valence-electron chi connectivity index (χ1n) is 4.94. The number of sulfonamides is 1. The highest BCUT2D eigenvalue weighted by molar-refractivity contribution is 7.89. The summed E-state index contributed by atoms with van der Waals surface area (Å²) in [6.45, 7) is -0.124. The van der Waals surface area contributed by atoms with Crippen LogP contribution in [0.25, 0.3) is 0 Å². The van der Waals surface area contributed by atoms with Gasteiger partial charge in [-0.05, 0) is 12.1 Å². The van der Waals surface area contributed by atoms with Gasteiger partial charge in [0.25, 0.3) is 0 Å². The first-order valence-corrected chi connectivity index (χ1v) is 6.38. The Balaban J connectivity index is 2.40. The van der Waals surface area contributed by atoms with Crippen molar-refractivity contribution in [3.8, 4) is 0 Å². The van der Waals surface area contributed by atoms with Crippen LogP contribution in [0.1, 0.15) is 0 Å². The third kappa shape index (κ3) is 2.07. The average molecular weight is 276 g/mol. The number of nitro benzene ring substituents is 1. The van der Waals surface area contributed by atoms with E-state index >= 15 is 0 Å². The van der Waals surface area contributed by atoms with Gasteiger partial charge in [-0.2, -0.15) is 8.70 Å². The van der Waals surface area contributed by atoms with E-state index in [-0.39, 0.29) is 18.0 Å². The first kappa shape index (κ1) is 12.9. The molecule has 0 atom stereocenters. The Kier molecular flexibility index (Phi) is 3.05. The van der Waals surface area contributed by atoms with E-state index in [4.69, 9.17) is 5.11 Å². The fraction of sp³-hybridized carbons (Fsp3) is 0.333. The van der Waals surface area contributed by atoms with Gasteiger partial charge in [-0.15, -0.1) is 0 Å². The van der Waals surface area contributed by atoms with Crippen molar-refractivity contribution < 1.29 is 22.8 Å². The summed E-state index contributed by atoms with van der Waals surface area (Å²) in [6.07, 6.45) is -0.727. The Morgan fingerprint density at radius 2 is 2.06 bits per heavy atom. The number of aliphatic hydroxyl groups is 1. The van der Waals surface area contributed by atoms with Crippen LogP contribution >= 0.6 is 0 Å². The molecule has 1 heterocycles. The van der Waals surface area contributed by atoms with Crippen molar-refractivity contribution in [3.05, 3.63) is 34.1 Å². The van der Waals surface area contributed by atoms with Gasteiger partial charge in [0.15, 0.2) is 0 Å². The van der Waals surface area contributed by atoms with E-state index in [0.29, 0.717) is 6.07 Å². The number of halogens is 1. The molecule has 98 valence electrons. The molecule has 0 unspecified atom stereocenters. The van der Waals surface area contributed by atoms with E-state index in [1.165, 1.54) is 0 Å². The highest BCUT2D eigenvalue weighted by atomic mass is 32.2. The smallest absolute Gasteiger partial charge is 0.306 e. The van der Waals surface area contributed by atoms with E-state index in [1.807, 2.05) is 0 Å². The Morgan fingerprint density at radius 3 is 2.56 bits per heavy atom. The maximum absolute atomic E-state index is 13.1. The Labute approximate surface area is 102 Å². The van der Waals surface area contributed by atoms with E-state index in [1.54, 1.807) is 0 Å². The summed E-state index contributed by atoms with van der Waals surface area (Å²) < 4.78 is 37.9. The van der Waals surface area contributed by atoms with E-state index in [9.17, 15) is 22.9 Å². The molecule has 9 heteroatoms. The van der Waals surface area contributed by atoms with E-state index in [2.05, 4.69) is 0 Å². The molecule has 1 aliphatic heterocycles. The van der Waals surface area contributed by atoms with Crippen LogP contribution in [0.5, 0.6) is 0 Å². The lowest BCUT2D eigenvalue weighted by Gasteiger charge is -2.34. The molecule has 18 heavy (non-hydrogen) atoms. The monoisotopic (exact) mass is 276 g/mol. The zero-order valence-corrected chi connectivity index (χ0v) is 9.80. The number of β-amino-alcohol motifs (C(OH)–C–C–N with tert-alkyl or cyclic N) is 1. The summed E-state index contributed by atoms with van der Waals surface area (Å²) in [4.78, 5) is 9.18. The van der Waals surface area contributed by atoms with Crippen LogP contribution in [0.2, 0.25) is 0 Å². The molecule has 1 aromatic rings. The largest absolute Gasteiger partial charge is 0.390 e. The zero-order chi connectivity index (χ0) is 13.5. The topological polar surface area (TPSA) is 101 Å². The van der Waals surface area contributed by atoms with Gasteiger partial charge in [0.05, 0.1) is 15.9 Å². The molecule has 0 amide bonds. The second kappa shape index (κ2) is 4.26. The molecule has 1 aliphatic rings. The van der Waals surface area contributed by atoms with Crippen molar-refractivity contribution in [1.29, 1.82) is 0 Å². The van der Waals surface area contributed by atoms with Gasteiger partial charge in [0.2, 0.25) is 15.8 Å². The highest BCUT2D eigenvalue weighted by Crippen LogP contribution is 2.26. The molecule has 2 rings (SSSR count). The second-order valence-corrected chi connectivity index (χ2v) is 5.78. The lowest BCUT2D eigenvalue weighted by Crippen LogP contribution is -2.53. The first-order chi connectivity index (χ1) is 8.32. The van der Waals surface area contributed by atoms with Gasteiger partial charge in [0.1, 0.15) is 0 Å². The predicted octanol–water partition coefficient (Wildman–Crippen LogP) is 0.0991. The van der Waals surface area contributed by atoms with E-state index in [0.717, 1.165) is 16.4 Å². The maximum Gasteiger partial charge on any atom is 0.306 e. The Bertz CT molecular complexity index is 597. The van der Waals surface area contributed by atoms with Gasteiger partial charge in [-0.25, -0.2) is 8.42 Å². The maximum atomic E-state index is 13.1. The molecule has 1 N–H and O–H groups in total. The summed E-state index contributed by atoms with van der Waals surface area (Å²) in [6, 6.07) is 2.37. The van der Waals surface area contributed by atoms with Gasteiger partial charge in [-0.3, -0.25) is 10.1 Å². The number of hydrogen-bond donors (Lipinski definition) is 1. The van der Waals surface area contributed by atoms with Gasteiger partial charge in [-0.1, -0.05) is 0 Å². The lowest BCUT2D eigenvalue weighted by atomic mass is 10.2. The number of benzene rings is 1. The minimum atomic E-state index is -3.91. The third-order valence-electron chi connectivity index (χ3n) is 2.58. The number of nitrogens with zero attached hydrogens (tertiary/aromatic N) is 2. The molecule has 0 radical (unpaired) electrons. The number of hydrogen-bond acceptors (Lipinski definition) is 5. The minimum Gasteiger partial charge on any atom is -0.390 e. The average Bonchev–Trinajstić information content (AvgIpc) is 2.24. The fourth-order valence-electron chi connectivity index (χ4n) is 1.55. The van der Waals surface area contributed by atoms with Crippen molar-refractivity contribution in [2.45, 2.75) is 11.0 Å². The highest BCUT2D eigenvalue weighted by Gasteiger charge is 2.36. The van der Waals surface area contributed by atoms with Crippen LogP contribution in [0.4, 0.5) is 10.1 Å². The van der Waals surface area contributed by atoms with Gasteiger partial charge >= 0.3 is 5.69 Å². The molecule has 0 aromatic heterocycles. The molecule has 1 fully saturated rings. The molecule has 0 saturated carbocycles. The second-order valence-electron chi connectivity index (χ2n) is 3.85. The normalized spacial score (nSPS) is 17.4. The molecular weight excluding hydrogens is 267 g/mol. The SMILES string of the molecule is O=[N+]([O-])c1cc(S(=O)(=O)N2CC(O)C2)ccc1F.